The summed E-state index contributed by atoms with van der Waals surface area (Å²) in [4.78, 5) is 0. The molecule has 0 radical (unpaired) electrons. The number of nitrogens with zero attached hydrogens (tertiary/aromatic N) is 2. The van der Waals surface area contributed by atoms with Gasteiger partial charge in [-0.15, -0.1) is 0 Å². The van der Waals surface area contributed by atoms with E-state index in [0.29, 0.717) is 0 Å². The Balaban J connectivity index is 1.79. The third kappa shape index (κ3) is 1.89. The van der Waals surface area contributed by atoms with Crippen LogP contribution in [0.3, 0.4) is 0 Å². The highest BCUT2D eigenvalue weighted by molar-refractivity contribution is 6.20. The molecule has 6 aromatic rings. The lowest BCUT2D eigenvalue weighted by Gasteiger charge is -2.09. The Morgan fingerprint density at radius 3 is 1.36 bits per heavy atom. The number of halogens is 2. The fourth-order valence-corrected chi connectivity index (χ4v) is 4.48. The summed E-state index contributed by atoms with van der Waals surface area (Å²) in [5, 5.41) is 8.36. The molecule has 0 aliphatic heterocycles. The molecule has 0 aliphatic rings. The Labute approximate surface area is 159 Å². The lowest BCUT2D eigenvalue weighted by atomic mass is 9.96. The van der Waals surface area contributed by atoms with Crippen molar-refractivity contribution in [2.24, 2.45) is 14.1 Å². The van der Waals surface area contributed by atoms with Crippen molar-refractivity contribution in [3.8, 4) is 0 Å². The van der Waals surface area contributed by atoms with E-state index in [1.165, 1.54) is 0 Å². The average Bonchev–Trinajstić information content (AvgIpc) is 3.13. The van der Waals surface area contributed by atoms with E-state index in [-0.39, 0.29) is 11.9 Å². The summed E-state index contributed by atoms with van der Waals surface area (Å²) in [6, 6.07) is 19.7. The van der Waals surface area contributed by atoms with Crippen LogP contribution in [-0.2, 0) is 14.1 Å². The molecule has 28 heavy (non-hydrogen) atoms. The number of aryl methyl sites for hydroxylation is 2. The Kier molecular flexibility index (Phi) is 2.85. The minimum absolute atomic E-state index is 0.242. The lowest BCUT2D eigenvalue weighted by molar-refractivity contribution is 0.542. The first-order chi connectivity index (χ1) is 13.5. The van der Waals surface area contributed by atoms with Crippen LogP contribution in [0.2, 0.25) is 0 Å². The zero-order valence-corrected chi connectivity index (χ0v) is 15.4. The maximum Gasteiger partial charge on any atom is 0.194 e. The Morgan fingerprint density at radius 1 is 0.500 bits per heavy atom. The minimum Gasteiger partial charge on any atom is -0.321 e. The van der Waals surface area contributed by atoms with Gasteiger partial charge in [0, 0.05) is 37.0 Å². The molecule has 4 aromatic carbocycles. The molecule has 0 atom stereocenters. The van der Waals surface area contributed by atoms with E-state index >= 15 is 0 Å². The van der Waals surface area contributed by atoms with Crippen molar-refractivity contribution in [3.05, 3.63) is 72.6 Å². The topological polar surface area (TPSA) is 9.86 Å². The van der Waals surface area contributed by atoms with Crippen LogP contribution >= 0.6 is 0 Å². The zero-order chi connectivity index (χ0) is 19.2. The molecule has 2 aromatic heterocycles. The number of aromatic nitrogens is 2. The van der Waals surface area contributed by atoms with Gasteiger partial charge in [0.15, 0.2) is 11.9 Å². The maximum absolute atomic E-state index is 14.0. The van der Waals surface area contributed by atoms with Gasteiger partial charge in [-0.25, -0.2) is 0 Å². The van der Waals surface area contributed by atoms with Crippen molar-refractivity contribution in [2.75, 3.05) is 0 Å². The molecule has 0 bridgehead atoms. The predicted molar refractivity (Wildman–Crippen MR) is 112 cm³/mol. The molecule has 0 unspecified atom stereocenters. The third-order valence-corrected chi connectivity index (χ3v) is 6.04. The van der Waals surface area contributed by atoms with Crippen LogP contribution in [0.15, 0.2) is 60.7 Å². The summed E-state index contributed by atoms with van der Waals surface area (Å²) in [6.07, 6.45) is 0. The van der Waals surface area contributed by atoms with Gasteiger partial charge < -0.3 is 9.13 Å². The Morgan fingerprint density at radius 2 is 0.929 bits per heavy atom. The Hall–Kier alpha value is -3.40. The number of benzene rings is 4. The van der Waals surface area contributed by atoms with Gasteiger partial charge in [-0.2, -0.15) is 8.78 Å². The normalized spacial score (nSPS) is 12.3. The van der Waals surface area contributed by atoms with Gasteiger partial charge in [0.05, 0.1) is 11.0 Å². The highest BCUT2D eigenvalue weighted by atomic mass is 19.1. The molecule has 0 aliphatic carbocycles. The van der Waals surface area contributed by atoms with Crippen molar-refractivity contribution >= 4 is 54.1 Å². The van der Waals surface area contributed by atoms with Crippen molar-refractivity contribution < 1.29 is 8.78 Å². The van der Waals surface area contributed by atoms with E-state index in [1.54, 1.807) is 35.4 Å². The van der Waals surface area contributed by atoms with Crippen molar-refractivity contribution in [1.29, 1.82) is 0 Å². The maximum atomic E-state index is 14.0. The second kappa shape index (κ2) is 5.10. The second-order valence-electron chi connectivity index (χ2n) is 7.54. The van der Waals surface area contributed by atoms with E-state index in [0.717, 1.165) is 54.1 Å². The Bertz CT molecular complexity index is 1480. The number of fused-ring (bicyclic) bond motifs is 7. The summed E-state index contributed by atoms with van der Waals surface area (Å²) in [5.41, 5.74) is 1.75. The molecule has 0 fully saturated rings. The average molecular weight is 370 g/mol. The van der Waals surface area contributed by atoms with Gasteiger partial charge in [0.25, 0.3) is 0 Å². The van der Waals surface area contributed by atoms with Crippen molar-refractivity contribution in [2.45, 2.75) is 0 Å². The molecule has 2 heterocycles. The summed E-state index contributed by atoms with van der Waals surface area (Å²) in [5.74, 6) is -0.485. The second-order valence-corrected chi connectivity index (χ2v) is 7.54. The molecule has 0 N–H and O–H groups in total. The number of hydrogen-bond acceptors (Lipinski definition) is 0. The molecule has 2 nitrogen and oxygen atoms in total. The van der Waals surface area contributed by atoms with E-state index < -0.39 is 0 Å². The van der Waals surface area contributed by atoms with E-state index in [9.17, 15) is 8.78 Å². The third-order valence-electron chi connectivity index (χ3n) is 6.04. The summed E-state index contributed by atoms with van der Waals surface area (Å²) in [6.45, 7) is 0. The largest absolute Gasteiger partial charge is 0.321 e. The molecular weight excluding hydrogens is 354 g/mol. The summed E-state index contributed by atoms with van der Waals surface area (Å²) in [7, 11) is 3.48. The monoisotopic (exact) mass is 370 g/mol. The van der Waals surface area contributed by atoms with Gasteiger partial charge in [-0.05, 0) is 56.6 Å². The van der Waals surface area contributed by atoms with Crippen LogP contribution < -0.4 is 0 Å². The van der Waals surface area contributed by atoms with E-state index in [4.69, 9.17) is 0 Å². The fourth-order valence-electron chi connectivity index (χ4n) is 4.48. The molecule has 6 rings (SSSR count). The van der Waals surface area contributed by atoms with Gasteiger partial charge in [-0.1, -0.05) is 24.3 Å². The molecule has 0 spiro atoms. The van der Waals surface area contributed by atoms with Crippen LogP contribution in [0.4, 0.5) is 8.78 Å². The minimum atomic E-state index is -0.242. The SMILES string of the molecule is Cn1c(F)cc2cc3ccc4c5cc6c(cc(F)n6C)cc5ccc4c3cc21. The molecule has 136 valence electrons. The fraction of sp³-hybridized carbons (Fsp3) is 0.0833. The molecule has 0 amide bonds. The van der Waals surface area contributed by atoms with Gasteiger partial charge in [0.2, 0.25) is 0 Å². The highest BCUT2D eigenvalue weighted by Crippen LogP contribution is 2.35. The standard InChI is InChI=1S/C24H16F2N2/c1-27-21-11-19-13(7-15(21)9-23(27)25)3-6-18-17(19)5-4-14-8-16-10-24(26)28(2)22(16)12-20(14)18/h3-12H,1-2H3. The first-order valence-electron chi connectivity index (χ1n) is 9.20. The van der Waals surface area contributed by atoms with Gasteiger partial charge in [0.1, 0.15) is 0 Å². The van der Waals surface area contributed by atoms with Crippen LogP contribution in [0.5, 0.6) is 0 Å². The first kappa shape index (κ1) is 15.6. The number of rotatable bonds is 0. The quantitative estimate of drug-likeness (QED) is 0.274. The summed E-state index contributed by atoms with van der Waals surface area (Å²) < 4.78 is 31.2. The molecule has 0 saturated carbocycles. The van der Waals surface area contributed by atoms with Gasteiger partial charge in [-0.3, -0.25) is 0 Å². The first-order valence-corrected chi connectivity index (χ1v) is 9.20. The molecule has 4 heteroatoms. The predicted octanol–water partition coefficient (Wildman–Crippen LogP) is 6.41. The zero-order valence-electron chi connectivity index (χ0n) is 15.4. The van der Waals surface area contributed by atoms with Crippen LogP contribution in [0.25, 0.3) is 54.1 Å². The van der Waals surface area contributed by atoms with Gasteiger partial charge >= 0.3 is 0 Å². The van der Waals surface area contributed by atoms with Crippen LogP contribution in [0.1, 0.15) is 0 Å². The van der Waals surface area contributed by atoms with Crippen molar-refractivity contribution in [3.63, 3.8) is 0 Å². The highest BCUT2D eigenvalue weighted by Gasteiger charge is 2.12. The van der Waals surface area contributed by atoms with Crippen LogP contribution in [-0.4, -0.2) is 9.13 Å². The van der Waals surface area contributed by atoms with Crippen LogP contribution in [0, 0.1) is 11.9 Å². The number of hydrogen-bond donors (Lipinski definition) is 0. The molecule has 0 saturated heterocycles. The lowest BCUT2D eigenvalue weighted by Crippen LogP contribution is -1.91. The summed E-state index contributed by atoms with van der Waals surface area (Å²) >= 11 is 0. The smallest absolute Gasteiger partial charge is 0.194 e. The molecular formula is C24H16F2N2. The van der Waals surface area contributed by atoms with E-state index in [1.807, 2.05) is 12.1 Å². The van der Waals surface area contributed by atoms with Crippen molar-refractivity contribution in [1.82, 2.24) is 9.13 Å². The van der Waals surface area contributed by atoms with E-state index in [2.05, 4.69) is 36.4 Å².